The van der Waals surface area contributed by atoms with E-state index in [0.29, 0.717) is 0 Å². The van der Waals surface area contributed by atoms with Crippen molar-refractivity contribution in [2.45, 2.75) is 0 Å². The molecule has 0 bridgehead atoms. The Balaban J connectivity index is 1.44. The molecule has 0 aliphatic carbocycles. The maximum absolute atomic E-state index is 4.92. The normalized spacial score (nSPS) is 11.3. The van der Waals surface area contributed by atoms with Crippen LogP contribution in [0.5, 0.6) is 0 Å². The Morgan fingerprint density at radius 2 is 1.26 bits per heavy atom. The number of nitrogens with zero attached hydrogens (tertiary/aromatic N) is 5. The molecule has 38 heavy (non-hydrogen) atoms. The SMILES string of the molecule is Brc1ccc2c(c1)c1ncccc1n2-c1cccc(-c2cc(-c3ccccn3)nc(-c3ccccn3)c2)c1. The predicted molar refractivity (Wildman–Crippen MR) is 156 cm³/mol. The van der Waals surface area contributed by atoms with Crippen molar-refractivity contribution in [2.75, 3.05) is 0 Å². The molecule has 5 nitrogen and oxygen atoms in total. The van der Waals surface area contributed by atoms with Crippen molar-refractivity contribution in [1.82, 2.24) is 24.5 Å². The summed E-state index contributed by atoms with van der Waals surface area (Å²) in [5.41, 5.74) is 9.60. The van der Waals surface area contributed by atoms with E-state index in [-0.39, 0.29) is 0 Å². The Labute approximate surface area is 227 Å². The second-order valence-electron chi connectivity index (χ2n) is 8.97. The molecule has 0 aliphatic rings. The van der Waals surface area contributed by atoms with E-state index in [0.717, 1.165) is 66.0 Å². The van der Waals surface area contributed by atoms with Crippen LogP contribution in [0.2, 0.25) is 0 Å². The number of aromatic nitrogens is 5. The average Bonchev–Trinajstić information content (AvgIpc) is 3.31. The Morgan fingerprint density at radius 1 is 0.526 bits per heavy atom. The van der Waals surface area contributed by atoms with Crippen LogP contribution in [0.15, 0.2) is 126 Å². The molecular formula is C32H20BrN5. The third kappa shape index (κ3) is 3.96. The zero-order valence-electron chi connectivity index (χ0n) is 20.2. The quantitative estimate of drug-likeness (QED) is 0.221. The zero-order valence-corrected chi connectivity index (χ0v) is 21.7. The van der Waals surface area contributed by atoms with Crippen molar-refractivity contribution in [2.24, 2.45) is 0 Å². The van der Waals surface area contributed by atoms with Gasteiger partial charge in [-0.3, -0.25) is 15.0 Å². The maximum Gasteiger partial charge on any atom is 0.0963 e. The van der Waals surface area contributed by atoms with Crippen LogP contribution in [-0.2, 0) is 0 Å². The molecule has 0 amide bonds. The lowest BCUT2D eigenvalue weighted by Crippen LogP contribution is -1.96. The molecule has 5 aromatic heterocycles. The van der Waals surface area contributed by atoms with Gasteiger partial charge >= 0.3 is 0 Å². The number of hydrogen-bond acceptors (Lipinski definition) is 4. The van der Waals surface area contributed by atoms with E-state index in [9.17, 15) is 0 Å². The van der Waals surface area contributed by atoms with E-state index in [2.05, 4.69) is 91.1 Å². The van der Waals surface area contributed by atoms with Gasteiger partial charge < -0.3 is 4.57 Å². The Hall–Kier alpha value is -4.68. The van der Waals surface area contributed by atoms with E-state index >= 15 is 0 Å². The summed E-state index contributed by atoms with van der Waals surface area (Å²) in [6.07, 6.45) is 5.43. The first-order valence-electron chi connectivity index (χ1n) is 12.2. The highest BCUT2D eigenvalue weighted by atomic mass is 79.9. The van der Waals surface area contributed by atoms with Crippen molar-refractivity contribution in [3.05, 3.63) is 126 Å². The van der Waals surface area contributed by atoms with Crippen LogP contribution in [0, 0.1) is 0 Å². The van der Waals surface area contributed by atoms with Crippen LogP contribution in [0.3, 0.4) is 0 Å². The first kappa shape index (κ1) is 22.5. The van der Waals surface area contributed by atoms with Gasteiger partial charge in [0.15, 0.2) is 0 Å². The average molecular weight is 554 g/mol. The van der Waals surface area contributed by atoms with Crippen molar-refractivity contribution in [3.63, 3.8) is 0 Å². The number of hydrogen-bond donors (Lipinski definition) is 0. The molecule has 5 heterocycles. The fraction of sp³-hybridized carbons (Fsp3) is 0. The molecular weight excluding hydrogens is 534 g/mol. The van der Waals surface area contributed by atoms with Gasteiger partial charge in [0, 0.05) is 34.1 Å². The fourth-order valence-electron chi connectivity index (χ4n) is 4.90. The third-order valence-electron chi connectivity index (χ3n) is 6.60. The van der Waals surface area contributed by atoms with E-state index in [1.165, 1.54) is 0 Å². The highest BCUT2D eigenvalue weighted by molar-refractivity contribution is 9.10. The van der Waals surface area contributed by atoms with Crippen LogP contribution in [-0.4, -0.2) is 24.5 Å². The summed E-state index contributed by atoms with van der Waals surface area (Å²) in [6.45, 7) is 0. The lowest BCUT2D eigenvalue weighted by molar-refractivity contribution is 1.17. The lowest BCUT2D eigenvalue weighted by Gasteiger charge is -2.12. The van der Waals surface area contributed by atoms with Crippen molar-refractivity contribution >= 4 is 37.9 Å². The van der Waals surface area contributed by atoms with Gasteiger partial charge in [0.1, 0.15) is 0 Å². The molecule has 7 aromatic rings. The minimum Gasteiger partial charge on any atom is -0.308 e. The minimum atomic E-state index is 0.806. The number of benzene rings is 2. The topological polar surface area (TPSA) is 56.5 Å². The molecule has 0 saturated heterocycles. The van der Waals surface area contributed by atoms with Crippen LogP contribution >= 0.6 is 15.9 Å². The number of pyridine rings is 4. The van der Waals surface area contributed by atoms with Crippen LogP contribution in [0.4, 0.5) is 0 Å². The second kappa shape index (κ2) is 9.32. The summed E-state index contributed by atoms with van der Waals surface area (Å²) in [7, 11) is 0. The molecule has 7 rings (SSSR count). The summed E-state index contributed by atoms with van der Waals surface area (Å²) < 4.78 is 3.30. The monoisotopic (exact) mass is 553 g/mol. The molecule has 2 aromatic carbocycles. The molecule has 0 spiro atoms. The van der Waals surface area contributed by atoms with E-state index in [1.807, 2.05) is 48.7 Å². The maximum atomic E-state index is 4.92. The number of fused-ring (bicyclic) bond motifs is 3. The van der Waals surface area contributed by atoms with Gasteiger partial charge in [0.2, 0.25) is 0 Å². The summed E-state index contributed by atoms with van der Waals surface area (Å²) in [6, 6.07) is 35.0. The fourth-order valence-corrected chi connectivity index (χ4v) is 5.26. The lowest BCUT2D eigenvalue weighted by atomic mass is 10.0. The third-order valence-corrected chi connectivity index (χ3v) is 7.09. The molecule has 0 unspecified atom stereocenters. The molecule has 180 valence electrons. The minimum absolute atomic E-state index is 0.806. The Kier molecular flexibility index (Phi) is 5.52. The van der Waals surface area contributed by atoms with Gasteiger partial charge in [-0.1, -0.05) is 40.2 Å². The zero-order chi connectivity index (χ0) is 25.5. The molecule has 0 aliphatic heterocycles. The number of rotatable bonds is 4. The summed E-state index contributed by atoms with van der Waals surface area (Å²) in [5, 5.41) is 1.11. The van der Waals surface area contributed by atoms with Crippen LogP contribution in [0.25, 0.3) is 61.5 Å². The standard InChI is InChI=1S/C32H20BrN5/c33-23-12-13-30-25(20-23)32-31(11-6-16-36-32)38(30)24-8-5-7-21(17-24)22-18-28(26-9-1-3-14-34-26)37-29(19-22)27-10-2-4-15-35-27/h1-20H. The predicted octanol–water partition coefficient (Wildman–Crippen LogP) is 8.13. The van der Waals surface area contributed by atoms with E-state index in [4.69, 9.17) is 9.97 Å². The second-order valence-corrected chi connectivity index (χ2v) is 9.89. The van der Waals surface area contributed by atoms with Gasteiger partial charge in [-0.2, -0.15) is 0 Å². The Morgan fingerprint density at radius 3 is 1.97 bits per heavy atom. The van der Waals surface area contributed by atoms with Gasteiger partial charge in [-0.25, -0.2) is 4.98 Å². The number of halogens is 1. The van der Waals surface area contributed by atoms with E-state index in [1.54, 1.807) is 12.4 Å². The highest BCUT2D eigenvalue weighted by Gasteiger charge is 2.15. The molecule has 0 atom stereocenters. The summed E-state index contributed by atoms with van der Waals surface area (Å²) >= 11 is 3.62. The highest BCUT2D eigenvalue weighted by Crippen LogP contribution is 2.35. The molecule has 0 fully saturated rings. The molecule has 0 saturated carbocycles. The van der Waals surface area contributed by atoms with Crippen molar-refractivity contribution < 1.29 is 0 Å². The van der Waals surface area contributed by atoms with Crippen LogP contribution in [0.1, 0.15) is 0 Å². The molecule has 0 N–H and O–H groups in total. The summed E-state index contributed by atoms with van der Waals surface area (Å²) in [4.78, 5) is 18.7. The van der Waals surface area contributed by atoms with E-state index < -0.39 is 0 Å². The van der Waals surface area contributed by atoms with Crippen molar-refractivity contribution in [1.29, 1.82) is 0 Å². The van der Waals surface area contributed by atoms with Gasteiger partial charge in [0.05, 0.1) is 39.3 Å². The molecule has 6 heteroatoms. The smallest absolute Gasteiger partial charge is 0.0963 e. The first-order valence-corrected chi connectivity index (χ1v) is 13.0. The summed E-state index contributed by atoms with van der Waals surface area (Å²) in [5.74, 6) is 0. The first-order chi connectivity index (χ1) is 18.7. The molecule has 0 radical (unpaired) electrons. The van der Waals surface area contributed by atoms with Gasteiger partial charge in [-0.05, 0) is 90.0 Å². The van der Waals surface area contributed by atoms with Crippen LogP contribution < -0.4 is 0 Å². The largest absolute Gasteiger partial charge is 0.308 e. The van der Waals surface area contributed by atoms with Gasteiger partial charge in [0.25, 0.3) is 0 Å². The van der Waals surface area contributed by atoms with Gasteiger partial charge in [-0.15, -0.1) is 0 Å². The Bertz CT molecular complexity index is 1870. The van der Waals surface area contributed by atoms with Crippen molar-refractivity contribution in [3.8, 4) is 39.6 Å².